The first-order valence-corrected chi connectivity index (χ1v) is 7.88. The number of benzene rings is 1. The molecule has 0 bridgehead atoms. The van der Waals surface area contributed by atoms with Gasteiger partial charge in [-0.25, -0.2) is 4.79 Å². The lowest BCUT2D eigenvalue weighted by Crippen LogP contribution is -2.29. The summed E-state index contributed by atoms with van der Waals surface area (Å²) in [5, 5.41) is 0. The van der Waals surface area contributed by atoms with Gasteiger partial charge in [-0.3, -0.25) is 0 Å². The van der Waals surface area contributed by atoms with Crippen LogP contribution in [0, 0.1) is 5.92 Å². The van der Waals surface area contributed by atoms with E-state index < -0.39 is 0 Å². The molecule has 4 nitrogen and oxygen atoms in total. The van der Waals surface area contributed by atoms with E-state index in [1.54, 1.807) is 13.0 Å². The molecule has 0 aliphatic heterocycles. The fourth-order valence-electron chi connectivity index (χ4n) is 2.40. The zero-order chi connectivity index (χ0) is 15.8. The third kappa shape index (κ3) is 4.66. The number of carbonyl (C=O) groups excluding carboxylic acids is 1. The Morgan fingerprint density at radius 1 is 1.24 bits per heavy atom. The highest BCUT2D eigenvalue weighted by Gasteiger charge is 2.15. The predicted molar refractivity (Wildman–Crippen MR) is 88.8 cm³/mol. The molecule has 2 N–H and O–H groups in total. The predicted octanol–water partition coefficient (Wildman–Crippen LogP) is 3.71. The fraction of sp³-hybridized carbons (Fsp3) is 0.588. The first kappa shape index (κ1) is 17.3. The van der Waals surface area contributed by atoms with Crippen LogP contribution in [0.5, 0.6) is 0 Å². The summed E-state index contributed by atoms with van der Waals surface area (Å²) < 4.78 is 5.06. The summed E-state index contributed by atoms with van der Waals surface area (Å²) in [6.45, 7) is 10.6. The Bertz CT molecular complexity index is 456. The first-order chi connectivity index (χ1) is 10.1. The van der Waals surface area contributed by atoms with Crippen molar-refractivity contribution in [2.75, 3.05) is 30.3 Å². The van der Waals surface area contributed by atoms with Crippen LogP contribution in [0.1, 0.15) is 50.9 Å². The lowest BCUT2D eigenvalue weighted by molar-refractivity contribution is 0.0527. The van der Waals surface area contributed by atoms with Crippen molar-refractivity contribution < 1.29 is 9.53 Å². The van der Waals surface area contributed by atoms with Crippen LogP contribution in [0.15, 0.2) is 18.2 Å². The van der Waals surface area contributed by atoms with Gasteiger partial charge in [0, 0.05) is 24.5 Å². The molecule has 0 aliphatic rings. The van der Waals surface area contributed by atoms with Gasteiger partial charge in [0.05, 0.1) is 12.2 Å². The lowest BCUT2D eigenvalue weighted by atomic mass is 10.0. The molecule has 0 heterocycles. The summed E-state index contributed by atoms with van der Waals surface area (Å²) in [7, 11) is 0. The first-order valence-electron chi connectivity index (χ1n) is 7.88. The van der Waals surface area contributed by atoms with Crippen LogP contribution in [0.25, 0.3) is 0 Å². The molecule has 1 aromatic rings. The molecule has 0 saturated carbocycles. The summed E-state index contributed by atoms with van der Waals surface area (Å²) >= 11 is 0. The van der Waals surface area contributed by atoms with Crippen molar-refractivity contribution in [1.82, 2.24) is 0 Å². The summed E-state index contributed by atoms with van der Waals surface area (Å²) in [4.78, 5) is 14.2. The lowest BCUT2D eigenvalue weighted by Gasteiger charge is -2.28. The maximum Gasteiger partial charge on any atom is 0.340 e. The highest BCUT2D eigenvalue weighted by atomic mass is 16.5. The van der Waals surface area contributed by atoms with Gasteiger partial charge in [-0.15, -0.1) is 0 Å². The van der Waals surface area contributed by atoms with Gasteiger partial charge in [0.15, 0.2) is 0 Å². The fourth-order valence-corrected chi connectivity index (χ4v) is 2.40. The molecule has 0 aliphatic carbocycles. The summed E-state index contributed by atoms with van der Waals surface area (Å²) in [6, 6.07) is 5.61. The molecule has 0 radical (unpaired) electrons. The Balaban J connectivity index is 3.00. The van der Waals surface area contributed by atoms with Crippen molar-refractivity contribution in [2.45, 2.75) is 40.5 Å². The van der Waals surface area contributed by atoms with E-state index in [0.717, 1.165) is 31.6 Å². The monoisotopic (exact) mass is 292 g/mol. The van der Waals surface area contributed by atoms with Crippen LogP contribution in [-0.2, 0) is 4.74 Å². The number of nitrogens with zero attached hydrogens (tertiary/aromatic N) is 1. The number of hydrogen-bond acceptors (Lipinski definition) is 4. The van der Waals surface area contributed by atoms with Gasteiger partial charge < -0.3 is 15.4 Å². The van der Waals surface area contributed by atoms with Crippen molar-refractivity contribution >= 4 is 17.3 Å². The standard InChI is InChI=1S/C17H28N2O2/c1-5-13(6-2)12-19(7-3)14-9-10-16(18)15(11-14)17(20)21-8-4/h9-11,13H,5-8,12,18H2,1-4H3. The second-order valence-electron chi connectivity index (χ2n) is 5.21. The van der Waals surface area contributed by atoms with Crippen LogP contribution < -0.4 is 10.6 Å². The number of ether oxygens (including phenoxy) is 1. The number of carbonyl (C=O) groups is 1. The maximum atomic E-state index is 11.9. The third-order valence-corrected chi connectivity index (χ3v) is 3.91. The number of hydrogen-bond donors (Lipinski definition) is 1. The molecule has 21 heavy (non-hydrogen) atoms. The Labute approximate surface area is 128 Å². The molecule has 0 unspecified atom stereocenters. The van der Waals surface area contributed by atoms with Gasteiger partial charge in [-0.2, -0.15) is 0 Å². The Morgan fingerprint density at radius 3 is 2.43 bits per heavy atom. The summed E-state index contributed by atoms with van der Waals surface area (Å²) in [5.41, 5.74) is 7.85. The van der Waals surface area contributed by atoms with Gasteiger partial charge in [0.2, 0.25) is 0 Å². The Morgan fingerprint density at radius 2 is 1.90 bits per heavy atom. The molecule has 0 amide bonds. The van der Waals surface area contributed by atoms with Gasteiger partial charge in [0.1, 0.15) is 0 Å². The molecule has 118 valence electrons. The Hall–Kier alpha value is -1.71. The summed E-state index contributed by atoms with van der Waals surface area (Å²) in [6.07, 6.45) is 2.32. The average Bonchev–Trinajstić information content (AvgIpc) is 2.49. The molecule has 0 aromatic heterocycles. The molecular formula is C17H28N2O2. The van der Waals surface area contributed by atoms with E-state index in [9.17, 15) is 4.79 Å². The molecule has 0 fully saturated rings. The minimum atomic E-state index is -0.351. The van der Waals surface area contributed by atoms with E-state index >= 15 is 0 Å². The van der Waals surface area contributed by atoms with Crippen molar-refractivity contribution in [1.29, 1.82) is 0 Å². The molecule has 1 aromatic carbocycles. The molecule has 1 rings (SSSR count). The highest BCUT2D eigenvalue weighted by molar-refractivity contribution is 5.96. The van der Waals surface area contributed by atoms with Crippen molar-refractivity contribution in [3.8, 4) is 0 Å². The van der Waals surface area contributed by atoms with Crippen LogP contribution in [0.3, 0.4) is 0 Å². The van der Waals surface area contributed by atoms with Crippen molar-refractivity contribution in [2.24, 2.45) is 5.92 Å². The minimum Gasteiger partial charge on any atom is -0.462 e. The zero-order valence-electron chi connectivity index (χ0n) is 13.7. The molecule has 0 atom stereocenters. The average molecular weight is 292 g/mol. The number of esters is 1. The van der Waals surface area contributed by atoms with Crippen LogP contribution >= 0.6 is 0 Å². The van der Waals surface area contributed by atoms with E-state index in [4.69, 9.17) is 10.5 Å². The second-order valence-corrected chi connectivity index (χ2v) is 5.21. The molecule has 0 spiro atoms. The Kier molecular flexibility index (Phi) is 7.06. The van der Waals surface area contributed by atoms with Gasteiger partial charge in [0.25, 0.3) is 0 Å². The normalized spacial score (nSPS) is 10.7. The van der Waals surface area contributed by atoms with Crippen LogP contribution in [-0.4, -0.2) is 25.7 Å². The second kappa shape index (κ2) is 8.55. The topological polar surface area (TPSA) is 55.6 Å². The van der Waals surface area contributed by atoms with Crippen LogP contribution in [0.4, 0.5) is 11.4 Å². The van der Waals surface area contributed by atoms with E-state index in [1.165, 1.54) is 0 Å². The van der Waals surface area contributed by atoms with Crippen molar-refractivity contribution in [3.63, 3.8) is 0 Å². The van der Waals surface area contributed by atoms with Gasteiger partial charge in [-0.1, -0.05) is 26.7 Å². The third-order valence-electron chi connectivity index (χ3n) is 3.91. The number of rotatable bonds is 8. The quantitative estimate of drug-likeness (QED) is 0.586. The number of nitrogens with two attached hydrogens (primary N) is 1. The van der Waals surface area contributed by atoms with E-state index in [2.05, 4.69) is 25.7 Å². The van der Waals surface area contributed by atoms with Crippen LogP contribution in [0.2, 0.25) is 0 Å². The zero-order valence-corrected chi connectivity index (χ0v) is 13.7. The van der Waals surface area contributed by atoms with E-state index in [1.807, 2.05) is 12.1 Å². The maximum absolute atomic E-state index is 11.9. The molecule has 4 heteroatoms. The van der Waals surface area contributed by atoms with Gasteiger partial charge in [-0.05, 0) is 38.0 Å². The minimum absolute atomic E-state index is 0.351. The highest BCUT2D eigenvalue weighted by Crippen LogP contribution is 2.24. The van der Waals surface area contributed by atoms with E-state index in [-0.39, 0.29) is 5.97 Å². The summed E-state index contributed by atoms with van der Waals surface area (Å²) in [5.74, 6) is 0.309. The largest absolute Gasteiger partial charge is 0.462 e. The molecular weight excluding hydrogens is 264 g/mol. The SMILES string of the molecule is CCOC(=O)c1cc(N(CC)CC(CC)CC)ccc1N. The number of nitrogen functional groups attached to an aromatic ring is 1. The molecule has 0 saturated heterocycles. The number of anilines is 2. The smallest absolute Gasteiger partial charge is 0.340 e. The van der Waals surface area contributed by atoms with E-state index in [0.29, 0.717) is 23.8 Å². The van der Waals surface area contributed by atoms with Gasteiger partial charge >= 0.3 is 5.97 Å². The van der Waals surface area contributed by atoms with Crippen molar-refractivity contribution in [3.05, 3.63) is 23.8 Å².